The minimum absolute atomic E-state index is 0.0864. The SMILES string of the molecule is COC(=O)C1Cc2ccc(C#Cc3cc(Cn4ccnc4C)no3)cc2C1. The van der Waals surface area contributed by atoms with Crippen molar-refractivity contribution in [3.05, 3.63) is 70.6 Å². The number of hydrogen-bond acceptors (Lipinski definition) is 5. The summed E-state index contributed by atoms with van der Waals surface area (Å²) in [6, 6.07) is 7.89. The van der Waals surface area contributed by atoms with Crippen LogP contribution in [0.3, 0.4) is 0 Å². The van der Waals surface area contributed by atoms with E-state index in [0.29, 0.717) is 18.7 Å². The Morgan fingerprint density at radius 3 is 2.93 bits per heavy atom. The van der Waals surface area contributed by atoms with E-state index in [4.69, 9.17) is 9.26 Å². The van der Waals surface area contributed by atoms with Gasteiger partial charge >= 0.3 is 5.97 Å². The molecule has 6 nitrogen and oxygen atoms in total. The summed E-state index contributed by atoms with van der Waals surface area (Å²) >= 11 is 0. The van der Waals surface area contributed by atoms with Gasteiger partial charge in [-0.1, -0.05) is 17.1 Å². The molecule has 0 saturated heterocycles. The van der Waals surface area contributed by atoms with Gasteiger partial charge in [-0.25, -0.2) is 4.98 Å². The van der Waals surface area contributed by atoms with E-state index in [1.54, 1.807) is 6.20 Å². The van der Waals surface area contributed by atoms with Crippen molar-refractivity contribution in [2.24, 2.45) is 5.92 Å². The highest BCUT2D eigenvalue weighted by Gasteiger charge is 2.27. The fourth-order valence-corrected chi connectivity index (χ4v) is 3.35. The second-order valence-corrected chi connectivity index (χ2v) is 6.65. The largest absolute Gasteiger partial charge is 0.469 e. The Bertz CT molecular complexity index is 1050. The molecular formula is C21H19N3O3. The number of aryl methyl sites for hydroxylation is 1. The molecule has 0 fully saturated rings. The molecule has 136 valence electrons. The Morgan fingerprint density at radius 1 is 1.30 bits per heavy atom. The third kappa shape index (κ3) is 3.63. The lowest BCUT2D eigenvalue weighted by Gasteiger charge is -2.04. The van der Waals surface area contributed by atoms with Crippen molar-refractivity contribution in [1.29, 1.82) is 0 Å². The molecule has 0 radical (unpaired) electrons. The van der Waals surface area contributed by atoms with E-state index in [0.717, 1.165) is 29.1 Å². The Kier molecular flexibility index (Phi) is 4.51. The Balaban J connectivity index is 1.47. The first kappa shape index (κ1) is 17.1. The van der Waals surface area contributed by atoms with Gasteiger partial charge in [0.1, 0.15) is 11.5 Å². The molecule has 1 aromatic carbocycles. The summed E-state index contributed by atoms with van der Waals surface area (Å²) in [7, 11) is 1.43. The molecule has 0 N–H and O–H groups in total. The molecule has 0 spiro atoms. The molecule has 3 aromatic rings. The van der Waals surface area contributed by atoms with Crippen LogP contribution in [0, 0.1) is 24.7 Å². The molecule has 1 atom stereocenters. The molecule has 0 saturated carbocycles. The highest BCUT2D eigenvalue weighted by molar-refractivity contribution is 5.74. The fraction of sp³-hybridized carbons (Fsp3) is 0.286. The van der Waals surface area contributed by atoms with Crippen LogP contribution < -0.4 is 0 Å². The van der Waals surface area contributed by atoms with E-state index in [-0.39, 0.29) is 11.9 Å². The average molecular weight is 361 g/mol. The van der Waals surface area contributed by atoms with Crippen molar-refractivity contribution < 1.29 is 14.1 Å². The number of rotatable bonds is 3. The summed E-state index contributed by atoms with van der Waals surface area (Å²) in [6.07, 6.45) is 5.10. The van der Waals surface area contributed by atoms with Crippen LogP contribution >= 0.6 is 0 Å². The molecule has 0 bridgehead atoms. The monoisotopic (exact) mass is 361 g/mol. The molecule has 1 aliphatic rings. The quantitative estimate of drug-likeness (QED) is 0.530. The predicted molar refractivity (Wildman–Crippen MR) is 97.9 cm³/mol. The molecule has 27 heavy (non-hydrogen) atoms. The molecule has 4 rings (SSSR count). The molecule has 6 heteroatoms. The first-order valence-corrected chi connectivity index (χ1v) is 8.77. The van der Waals surface area contributed by atoms with Crippen LogP contribution in [-0.4, -0.2) is 27.8 Å². The van der Waals surface area contributed by atoms with E-state index in [2.05, 4.69) is 22.0 Å². The second-order valence-electron chi connectivity index (χ2n) is 6.65. The zero-order valence-corrected chi connectivity index (χ0v) is 15.2. The molecule has 0 amide bonds. The smallest absolute Gasteiger partial charge is 0.309 e. The van der Waals surface area contributed by atoms with Crippen LogP contribution in [0.15, 0.2) is 41.2 Å². The number of nitrogens with zero attached hydrogens (tertiary/aromatic N) is 3. The van der Waals surface area contributed by atoms with Gasteiger partial charge in [0.2, 0.25) is 5.76 Å². The van der Waals surface area contributed by atoms with Crippen molar-refractivity contribution in [2.45, 2.75) is 26.3 Å². The zero-order valence-electron chi connectivity index (χ0n) is 15.2. The second kappa shape index (κ2) is 7.12. The maximum Gasteiger partial charge on any atom is 0.309 e. The normalized spacial score (nSPS) is 15.1. The van der Waals surface area contributed by atoms with Crippen molar-refractivity contribution in [3.63, 3.8) is 0 Å². The van der Waals surface area contributed by atoms with E-state index in [1.807, 2.05) is 42.0 Å². The summed E-state index contributed by atoms with van der Waals surface area (Å²) in [5.74, 6) is 7.34. The summed E-state index contributed by atoms with van der Waals surface area (Å²) in [5, 5.41) is 4.06. The standard InChI is InChI=1S/C21H19N3O3/c1-14-22-7-8-24(14)13-19-12-20(27-23-19)6-4-15-3-5-16-10-18(21(25)26-2)11-17(16)9-15/h3,5,7-9,12,18H,10-11,13H2,1-2H3. The number of benzene rings is 1. The minimum atomic E-state index is -0.152. The van der Waals surface area contributed by atoms with Gasteiger partial charge < -0.3 is 13.8 Å². The number of esters is 1. The third-order valence-electron chi connectivity index (χ3n) is 4.82. The van der Waals surface area contributed by atoms with Crippen molar-refractivity contribution in [1.82, 2.24) is 14.7 Å². The number of hydrogen-bond donors (Lipinski definition) is 0. The molecular weight excluding hydrogens is 342 g/mol. The fourth-order valence-electron chi connectivity index (χ4n) is 3.35. The van der Waals surface area contributed by atoms with Crippen molar-refractivity contribution in [2.75, 3.05) is 7.11 Å². The maximum absolute atomic E-state index is 11.7. The Morgan fingerprint density at radius 2 is 2.15 bits per heavy atom. The van der Waals surface area contributed by atoms with Gasteiger partial charge in [-0.05, 0) is 48.9 Å². The Labute approximate surface area is 157 Å². The summed E-state index contributed by atoms with van der Waals surface area (Å²) in [6.45, 7) is 2.55. The minimum Gasteiger partial charge on any atom is -0.469 e. The number of methoxy groups -OCH3 is 1. The van der Waals surface area contributed by atoms with Gasteiger partial charge in [0, 0.05) is 24.0 Å². The number of aromatic nitrogens is 3. The lowest BCUT2D eigenvalue weighted by Crippen LogP contribution is -2.15. The molecule has 1 unspecified atom stereocenters. The van der Waals surface area contributed by atoms with Gasteiger partial charge in [-0.3, -0.25) is 4.79 Å². The lowest BCUT2D eigenvalue weighted by molar-refractivity contribution is -0.145. The van der Waals surface area contributed by atoms with E-state index in [1.165, 1.54) is 12.7 Å². The Hall–Kier alpha value is -3.33. The van der Waals surface area contributed by atoms with Crippen LogP contribution in [0.25, 0.3) is 0 Å². The lowest BCUT2D eigenvalue weighted by atomic mass is 10.1. The summed E-state index contributed by atoms with van der Waals surface area (Å²) < 4.78 is 12.2. The molecule has 1 aliphatic carbocycles. The number of carbonyl (C=O) groups excluding carboxylic acids is 1. The van der Waals surface area contributed by atoms with Gasteiger partial charge in [0.05, 0.1) is 19.6 Å². The maximum atomic E-state index is 11.7. The topological polar surface area (TPSA) is 70.2 Å². The zero-order chi connectivity index (χ0) is 18.8. The van der Waals surface area contributed by atoms with Gasteiger partial charge in [0.15, 0.2) is 0 Å². The van der Waals surface area contributed by atoms with Gasteiger partial charge in [-0.2, -0.15) is 0 Å². The predicted octanol–water partition coefficient (Wildman–Crippen LogP) is 2.52. The summed E-state index contributed by atoms with van der Waals surface area (Å²) in [5.41, 5.74) is 4.04. The van der Waals surface area contributed by atoms with Crippen LogP contribution in [-0.2, 0) is 28.9 Å². The van der Waals surface area contributed by atoms with E-state index in [9.17, 15) is 4.79 Å². The first-order chi connectivity index (χ1) is 13.1. The summed E-state index contributed by atoms with van der Waals surface area (Å²) in [4.78, 5) is 15.9. The average Bonchev–Trinajstić information content (AvgIpc) is 3.40. The van der Waals surface area contributed by atoms with E-state index >= 15 is 0 Å². The number of ether oxygens (including phenoxy) is 1. The number of carbonyl (C=O) groups is 1. The number of imidazole rings is 1. The molecule has 2 aromatic heterocycles. The van der Waals surface area contributed by atoms with Crippen molar-refractivity contribution >= 4 is 5.97 Å². The highest BCUT2D eigenvalue weighted by Crippen LogP contribution is 2.28. The number of fused-ring (bicyclic) bond motifs is 1. The highest BCUT2D eigenvalue weighted by atomic mass is 16.5. The third-order valence-corrected chi connectivity index (χ3v) is 4.82. The molecule has 0 aliphatic heterocycles. The van der Waals surface area contributed by atoms with Gasteiger partial charge in [-0.15, -0.1) is 0 Å². The first-order valence-electron chi connectivity index (χ1n) is 8.77. The van der Waals surface area contributed by atoms with Gasteiger partial charge in [0.25, 0.3) is 0 Å². The van der Waals surface area contributed by atoms with Crippen LogP contribution in [0.4, 0.5) is 0 Å². The van der Waals surface area contributed by atoms with Crippen LogP contribution in [0.2, 0.25) is 0 Å². The van der Waals surface area contributed by atoms with Crippen molar-refractivity contribution in [3.8, 4) is 11.8 Å². The molecule has 2 heterocycles. The van der Waals surface area contributed by atoms with Crippen LogP contribution in [0.5, 0.6) is 0 Å². The van der Waals surface area contributed by atoms with E-state index < -0.39 is 0 Å². The van der Waals surface area contributed by atoms with Crippen LogP contribution in [0.1, 0.15) is 34.0 Å².